The molecule has 2 aromatic heterocycles. The second-order valence-corrected chi connectivity index (χ2v) is 4.35. The van der Waals surface area contributed by atoms with Crippen molar-refractivity contribution < 1.29 is 4.79 Å². The molecule has 0 bridgehead atoms. The van der Waals surface area contributed by atoms with E-state index in [2.05, 4.69) is 40.1 Å². The maximum Gasteiger partial charge on any atom is 0.179 e. The van der Waals surface area contributed by atoms with Crippen molar-refractivity contribution in [2.45, 2.75) is 13.8 Å². The van der Waals surface area contributed by atoms with E-state index < -0.39 is 0 Å². The Morgan fingerprint density at radius 2 is 1.90 bits per heavy atom. The zero-order valence-electron chi connectivity index (χ0n) is 11.4. The Kier molecular flexibility index (Phi) is 4.50. The molecule has 20 heavy (non-hydrogen) atoms. The summed E-state index contributed by atoms with van der Waals surface area (Å²) in [6, 6.07) is 10.3. The van der Waals surface area contributed by atoms with Gasteiger partial charge in [-0.25, -0.2) is 4.98 Å². The SMILES string of the molecule is CC(=O)c1cnccn1.Cc1ccc2ncccc2c1. The van der Waals surface area contributed by atoms with Crippen molar-refractivity contribution in [2.75, 3.05) is 0 Å². The molecule has 4 heteroatoms. The van der Waals surface area contributed by atoms with Crippen LogP contribution in [0.3, 0.4) is 0 Å². The zero-order chi connectivity index (χ0) is 14.4. The highest BCUT2D eigenvalue weighted by Crippen LogP contribution is 2.11. The molecule has 0 N–H and O–H groups in total. The first-order valence-electron chi connectivity index (χ1n) is 6.25. The van der Waals surface area contributed by atoms with Crippen molar-refractivity contribution in [3.8, 4) is 0 Å². The summed E-state index contributed by atoms with van der Waals surface area (Å²) >= 11 is 0. The first-order chi connectivity index (χ1) is 9.66. The third kappa shape index (κ3) is 3.68. The Morgan fingerprint density at radius 3 is 2.55 bits per heavy atom. The van der Waals surface area contributed by atoms with Gasteiger partial charge in [0, 0.05) is 30.9 Å². The predicted octanol–water partition coefficient (Wildman–Crippen LogP) is 3.22. The van der Waals surface area contributed by atoms with Crippen LogP contribution in [0.4, 0.5) is 0 Å². The zero-order valence-corrected chi connectivity index (χ0v) is 11.4. The minimum absolute atomic E-state index is 0.0527. The topological polar surface area (TPSA) is 55.7 Å². The number of aromatic nitrogens is 3. The lowest BCUT2D eigenvalue weighted by atomic mass is 10.1. The number of hydrogen-bond acceptors (Lipinski definition) is 4. The molecule has 0 saturated heterocycles. The number of aryl methyl sites for hydroxylation is 1. The van der Waals surface area contributed by atoms with Gasteiger partial charge in [-0.2, -0.15) is 0 Å². The largest absolute Gasteiger partial charge is 0.293 e. The molecule has 0 aliphatic rings. The molecule has 3 rings (SSSR count). The molecule has 0 atom stereocenters. The number of fused-ring (bicyclic) bond motifs is 1. The van der Waals surface area contributed by atoms with Crippen LogP contribution in [0.15, 0.2) is 55.1 Å². The van der Waals surface area contributed by atoms with Gasteiger partial charge in [0.15, 0.2) is 5.78 Å². The van der Waals surface area contributed by atoms with Gasteiger partial charge in [-0.1, -0.05) is 17.7 Å². The molecule has 0 unspecified atom stereocenters. The smallest absolute Gasteiger partial charge is 0.179 e. The summed E-state index contributed by atoms with van der Waals surface area (Å²) in [6.45, 7) is 3.55. The molecular weight excluding hydrogens is 250 g/mol. The van der Waals surface area contributed by atoms with Crippen molar-refractivity contribution in [1.29, 1.82) is 0 Å². The standard InChI is InChI=1S/C10H9N.C6H6N2O/c1-8-4-5-10-9(7-8)3-2-6-11-10;1-5(9)6-4-7-2-3-8-6/h2-7H,1H3;2-4H,1H3. The second kappa shape index (κ2) is 6.52. The predicted molar refractivity (Wildman–Crippen MR) is 78.5 cm³/mol. The van der Waals surface area contributed by atoms with Gasteiger partial charge >= 0.3 is 0 Å². The van der Waals surface area contributed by atoms with E-state index in [1.165, 1.54) is 36.5 Å². The fraction of sp³-hybridized carbons (Fsp3) is 0.125. The van der Waals surface area contributed by atoms with Crippen molar-refractivity contribution in [2.24, 2.45) is 0 Å². The highest BCUT2D eigenvalue weighted by Gasteiger charge is 1.96. The normalized spacial score (nSPS) is 9.70. The van der Waals surface area contributed by atoms with Gasteiger partial charge in [0.05, 0.1) is 11.7 Å². The Morgan fingerprint density at radius 1 is 1.05 bits per heavy atom. The number of carbonyl (C=O) groups excluding carboxylic acids is 1. The van der Waals surface area contributed by atoms with Crippen molar-refractivity contribution in [1.82, 2.24) is 15.0 Å². The molecule has 1 aromatic carbocycles. The highest BCUT2D eigenvalue weighted by atomic mass is 16.1. The van der Waals surface area contributed by atoms with E-state index in [1.54, 1.807) is 0 Å². The number of pyridine rings is 1. The van der Waals surface area contributed by atoms with Crippen LogP contribution < -0.4 is 0 Å². The molecule has 0 radical (unpaired) electrons. The molecule has 0 saturated carbocycles. The van der Waals surface area contributed by atoms with Crippen LogP contribution in [-0.2, 0) is 0 Å². The van der Waals surface area contributed by atoms with E-state index in [1.807, 2.05) is 18.3 Å². The number of Topliss-reactive ketones (excluding diaryl/α,β-unsaturated/α-hetero) is 1. The van der Waals surface area contributed by atoms with Crippen molar-refractivity contribution >= 4 is 16.7 Å². The van der Waals surface area contributed by atoms with E-state index in [9.17, 15) is 4.79 Å². The Balaban J connectivity index is 0.000000151. The molecule has 0 spiro atoms. The summed E-state index contributed by atoms with van der Waals surface area (Å²) < 4.78 is 0. The molecule has 0 fully saturated rings. The third-order valence-electron chi connectivity index (χ3n) is 2.68. The van der Waals surface area contributed by atoms with Gasteiger partial charge in [0.2, 0.25) is 0 Å². The van der Waals surface area contributed by atoms with Gasteiger partial charge in [0.25, 0.3) is 0 Å². The number of carbonyl (C=O) groups is 1. The van der Waals surface area contributed by atoms with Crippen molar-refractivity contribution in [3.05, 3.63) is 66.4 Å². The second-order valence-electron chi connectivity index (χ2n) is 4.35. The van der Waals surface area contributed by atoms with Crippen molar-refractivity contribution in [3.63, 3.8) is 0 Å². The summed E-state index contributed by atoms with van der Waals surface area (Å²) in [6.07, 6.45) is 6.29. The quantitative estimate of drug-likeness (QED) is 0.634. The molecule has 100 valence electrons. The van der Waals surface area contributed by atoms with Crippen LogP contribution in [-0.4, -0.2) is 20.7 Å². The monoisotopic (exact) mass is 265 g/mol. The Bertz CT molecular complexity index is 711. The Hall–Kier alpha value is -2.62. The molecular formula is C16H15N3O. The van der Waals surface area contributed by atoms with E-state index in [4.69, 9.17) is 0 Å². The lowest BCUT2D eigenvalue weighted by Crippen LogP contribution is -1.95. The molecule has 4 nitrogen and oxygen atoms in total. The maximum absolute atomic E-state index is 10.5. The molecule has 0 aliphatic heterocycles. The minimum Gasteiger partial charge on any atom is -0.293 e. The molecule has 3 aromatic rings. The first kappa shape index (κ1) is 13.8. The summed E-state index contributed by atoms with van der Waals surface area (Å²) in [5, 5.41) is 1.22. The lowest BCUT2D eigenvalue weighted by Gasteiger charge is -1.95. The van der Waals surface area contributed by atoms with E-state index in [0.717, 1.165) is 5.52 Å². The lowest BCUT2D eigenvalue weighted by molar-refractivity contribution is 0.101. The van der Waals surface area contributed by atoms with Gasteiger partial charge in [0.1, 0.15) is 5.69 Å². The Labute approximate surface area is 117 Å². The number of benzene rings is 1. The van der Waals surface area contributed by atoms with Crippen LogP contribution in [0.1, 0.15) is 23.0 Å². The summed E-state index contributed by atoms with van der Waals surface area (Å²) in [4.78, 5) is 22.3. The van der Waals surface area contributed by atoms with E-state index >= 15 is 0 Å². The van der Waals surface area contributed by atoms with Gasteiger partial charge < -0.3 is 0 Å². The van der Waals surface area contributed by atoms with Crippen LogP contribution in [0.2, 0.25) is 0 Å². The van der Waals surface area contributed by atoms with E-state index in [0.29, 0.717) is 5.69 Å². The van der Waals surface area contributed by atoms with Gasteiger partial charge in [-0.15, -0.1) is 0 Å². The summed E-state index contributed by atoms with van der Waals surface area (Å²) in [5.74, 6) is -0.0527. The fourth-order valence-corrected chi connectivity index (χ4v) is 1.68. The van der Waals surface area contributed by atoms with Crippen LogP contribution in [0, 0.1) is 6.92 Å². The van der Waals surface area contributed by atoms with Gasteiger partial charge in [-0.05, 0) is 25.1 Å². The average molecular weight is 265 g/mol. The highest BCUT2D eigenvalue weighted by molar-refractivity contribution is 5.91. The average Bonchev–Trinajstić information content (AvgIpc) is 2.48. The van der Waals surface area contributed by atoms with Crippen LogP contribution in [0.5, 0.6) is 0 Å². The summed E-state index contributed by atoms with van der Waals surface area (Å²) in [7, 11) is 0. The van der Waals surface area contributed by atoms with Crippen LogP contribution >= 0.6 is 0 Å². The maximum atomic E-state index is 10.5. The van der Waals surface area contributed by atoms with E-state index in [-0.39, 0.29) is 5.78 Å². The number of rotatable bonds is 1. The van der Waals surface area contributed by atoms with Crippen LogP contribution in [0.25, 0.3) is 10.9 Å². The number of hydrogen-bond donors (Lipinski definition) is 0. The molecule has 0 aliphatic carbocycles. The molecule has 0 amide bonds. The summed E-state index contributed by atoms with van der Waals surface area (Å²) in [5.41, 5.74) is 2.76. The minimum atomic E-state index is -0.0527. The fourth-order valence-electron chi connectivity index (χ4n) is 1.68. The third-order valence-corrected chi connectivity index (χ3v) is 2.68. The number of ketones is 1. The molecule has 2 heterocycles. The first-order valence-corrected chi connectivity index (χ1v) is 6.25. The van der Waals surface area contributed by atoms with Gasteiger partial charge in [-0.3, -0.25) is 14.8 Å². The number of nitrogens with zero attached hydrogens (tertiary/aromatic N) is 3.